The average molecular weight is 339 g/mol. The van der Waals surface area contributed by atoms with Crippen LogP contribution in [0.15, 0.2) is 60.7 Å². The van der Waals surface area contributed by atoms with E-state index in [0.29, 0.717) is 17.3 Å². The van der Waals surface area contributed by atoms with E-state index >= 15 is 0 Å². The van der Waals surface area contributed by atoms with Crippen molar-refractivity contribution in [2.75, 3.05) is 5.32 Å². The van der Waals surface area contributed by atoms with Gasteiger partial charge in [-0.1, -0.05) is 59.9 Å². The van der Waals surface area contributed by atoms with E-state index in [4.69, 9.17) is 4.74 Å². The highest BCUT2D eigenvalue weighted by molar-refractivity contribution is 7.15. The van der Waals surface area contributed by atoms with Crippen LogP contribution >= 0.6 is 11.3 Å². The minimum atomic E-state index is -0.617. The topological polar surface area (TPSA) is 64.1 Å². The number of ether oxygens (including phenoxy) is 1. The fourth-order valence-electron chi connectivity index (χ4n) is 2.11. The average Bonchev–Trinajstić information content (AvgIpc) is 3.03. The predicted octanol–water partition coefficient (Wildman–Crippen LogP) is 3.53. The zero-order chi connectivity index (χ0) is 16.8. The summed E-state index contributed by atoms with van der Waals surface area (Å²) in [5, 5.41) is 12.2. The Morgan fingerprint density at radius 2 is 1.75 bits per heavy atom. The Morgan fingerprint density at radius 3 is 2.46 bits per heavy atom. The molecule has 0 aliphatic carbocycles. The Labute approximate surface area is 144 Å². The van der Waals surface area contributed by atoms with Crippen LogP contribution in [-0.2, 0) is 11.2 Å². The predicted molar refractivity (Wildman–Crippen MR) is 94.3 cm³/mol. The molecular weight excluding hydrogens is 322 g/mol. The number of hydrogen-bond acceptors (Lipinski definition) is 5. The molecule has 0 radical (unpaired) electrons. The van der Waals surface area contributed by atoms with E-state index in [9.17, 15) is 4.79 Å². The molecule has 0 unspecified atom stereocenters. The number of carbonyl (C=O) groups excluding carboxylic acids is 1. The number of rotatable bonds is 6. The van der Waals surface area contributed by atoms with E-state index in [1.807, 2.05) is 60.7 Å². The molecule has 2 aromatic carbocycles. The quantitative estimate of drug-likeness (QED) is 0.746. The van der Waals surface area contributed by atoms with Crippen LogP contribution < -0.4 is 10.1 Å². The van der Waals surface area contributed by atoms with Crippen molar-refractivity contribution >= 4 is 22.4 Å². The van der Waals surface area contributed by atoms with Gasteiger partial charge in [0.1, 0.15) is 10.8 Å². The highest BCUT2D eigenvalue weighted by atomic mass is 32.1. The lowest BCUT2D eigenvalue weighted by molar-refractivity contribution is -0.122. The molecular formula is C18H17N3O2S. The zero-order valence-electron chi connectivity index (χ0n) is 13.2. The standard InChI is InChI=1S/C18H17N3O2S/c1-13(23-15-10-6-3-7-11-15)17(22)19-18-21-20-16(24-18)12-14-8-4-2-5-9-14/h2-11,13H,12H2,1H3,(H,19,21,22)/t13-/m0/s1. The molecule has 0 aliphatic rings. The van der Waals surface area contributed by atoms with Crippen molar-refractivity contribution in [1.82, 2.24) is 10.2 Å². The molecule has 1 aromatic heterocycles. The lowest BCUT2D eigenvalue weighted by atomic mass is 10.2. The van der Waals surface area contributed by atoms with E-state index in [-0.39, 0.29) is 5.91 Å². The summed E-state index contributed by atoms with van der Waals surface area (Å²) in [6, 6.07) is 19.3. The molecule has 0 fully saturated rings. The molecule has 5 nitrogen and oxygen atoms in total. The molecule has 122 valence electrons. The Bertz CT molecular complexity index is 790. The molecule has 1 heterocycles. The number of nitrogens with zero attached hydrogens (tertiary/aromatic N) is 2. The molecule has 0 saturated heterocycles. The van der Waals surface area contributed by atoms with Gasteiger partial charge in [-0.3, -0.25) is 10.1 Å². The van der Waals surface area contributed by atoms with E-state index in [1.165, 1.54) is 11.3 Å². The molecule has 0 bridgehead atoms. The maximum absolute atomic E-state index is 12.2. The minimum absolute atomic E-state index is 0.249. The van der Waals surface area contributed by atoms with Crippen molar-refractivity contribution in [3.63, 3.8) is 0 Å². The van der Waals surface area contributed by atoms with Crippen molar-refractivity contribution in [3.05, 3.63) is 71.2 Å². The number of amides is 1. The third-order valence-corrected chi connectivity index (χ3v) is 4.16. The monoisotopic (exact) mass is 339 g/mol. The lowest BCUT2D eigenvalue weighted by Gasteiger charge is -2.13. The molecule has 3 rings (SSSR count). The van der Waals surface area contributed by atoms with Gasteiger partial charge in [0.05, 0.1) is 0 Å². The number of carbonyl (C=O) groups is 1. The van der Waals surface area contributed by atoms with Crippen molar-refractivity contribution < 1.29 is 9.53 Å². The van der Waals surface area contributed by atoms with E-state index in [1.54, 1.807) is 6.92 Å². The molecule has 6 heteroatoms. The third kappa shape index (κ3) is 4.39. The minimum Gasteiger partial charge on any atom is -0.481 e. The normalized spacial score (nSPS) is 11.7. The summed E-state index contributed by atoms with van der Waals surface area (Å²) in [7, 11) is 0. The second-order valence-corrected chi connectivity index (χ2v) is 6.29. The van der Waals surface area contributed by atoms with E-state index < -0.39 is 6.10 Å². The molecule has 0 saturated carbocycles. The second kappa shape index (κ2) is 7.70. The molecule has 24 heavy (non-hydrogen) atoms. The first-order chi connectivity index (χ1) is 11.7. The van der Waals surface area contributed by atoms with E-state index in [2.05, 4.69) is 15.5 Å². The van der Waals surface area contributed by atoms with Gasteiger partial charge >= 0.3 is 0 Å². The largest absolute Gasteiger partial charge is 0.481 e. The maximum Gasteiger partial charge on any atom is 0.266 e. The lowest BCUT2D eigenvalue weighted by Crippen LogP contribution is -2.30. The maximum atomic E-state index is 12.2. The number of benzene rings is 2. The molecule has 1 atom stereocenters. The SMILES string of the molecule is C[C@H](Oc1ccccc1)C(=O)Nc1nnc(Cc2ccccc2)s1. The van der Waals surface area contributed by atoms with Gasteiger partial charge in [0, 0.05) is 6.42 Å². The smallest absolute Gasteiger partial charge is 0.266 e. The van der Waals surface area contributed by atoms with Crippen LogP contribution in [0, 0.1) is 0 Å². The second-order valence-electron chi connectivity index (χ2n) is 5.23. The summed E-state index contributed by atoms with van der Waals surface area (Å²) in [5.74, 6) is 0.406. The Hall–Kier alpha value is -2.73. The van der Waals surface area contributed by atoms with Gasteiger partial charge in [0.15, 0.2) is 6.10 Å². The number of para-hydroxylation sites is 1. The fraction of sp³-hybridized carbons (Fsp3) is 0.167. The molecule has 1 N–H and O–H groups in total. The van der Waals surface area contributed by atoms with Crippen LogP contribution in [-0.4, -0.2) is 22.2 Å². The van der Waals surface area contributed by atoms with Crippen LogP contribution in [0.2, 0.25) is 0 Å². The van der Waals surface area contributed by atoms with Crippen molar-refractivity contribution in [2.45, 2.75) is 19.4 Å². The highest BCUT2D eigenvalue weighted by Crippen LogP contribution is 2.19. The zero-order valence-corrected chi connectivity index (χ0v) is 14.0. The summed E-state index contributed by atoms with van der Waals surface area (Å²) >= 11 is 1.37. The highest BCUT2D eigenvalue weighted by Gasteiger charge is 2.17. The number of nitrogens with one attached hydrogen (secondary N) is 1. The Balaban J connectivity index is 1.57. The summed E-state index contributed by atoms with van der Waals surface area (Å²) in [6.07, 6.45) is 0.0821. The van der Waals surface area contributed by atoms with Gasteiger partial charge < -0.3 is 4.74 Å². The third-order valence-electron chi connectivity index (χ3n) is 3.32. The summed E-state index contributed by atoms with van der Waals surface area (Å²) < 4.78 is 5.60. The summed E-state index contributed by atoms with van der Waals surface area (Å²) in [5.41, 5.74) is 1.16. The fourth-order valence-corrected chi connectivity index (χ4v) is 2.89. The first kappa shape index (κ1) is 16.1. The van der Waals surface area contributed by atoms with Gasteiger partial charge in [0.25, 0.3) is 5.91 Å². The van der Waals surface area contributed by atoms with Crippen LogP contribution in [0.1, 0.15) is 17.5 Å². The Morgan fingerprint density at radius 1 is 1.08 bits per heavy atom. The van der Waals surface area contributed by atoms with Gasteiger partial charge in [0.2, 0.25) is 5.13 Å². The van der Waals surface area contributed by atoms with Gasteiger partial charge in [-0.25, -0.2) is 0 Å². The molecule has 0 spiro atoms. The van der Waals surface area contributed by atoms with Crippen molar-refractivity contribution in [3.8, 4) is 5.75 Å². The molecule has 1 amide bonds. The van der Waals surface area contributed by atoms with Crippen LogP contribution in [0.3, 0.4) is 0 Å². The molecule has 3 aromatic rings. The Kier molecular flexibility index (Phi) is 5.18. The number of anilines is 1. The van der Waals surface area contributed by atoms with E-state index in [0.717, 1.165) is 10.6 Å². The van der Waals surface area contributed by atoms with Crippen molar-refractivity contribution in [1.29, 1.82) is 0 Å². The van der Waals surface area contributed by atoms with Crippen LogP contribution in [0.25, 0.3) is 0 Å². The van der Waals surface area contributed by atoms with Gasteiger partial charge in [-0.05, 0) is 24.6 Å². The number of hydrogen-bond donors (Lipinski definition) is 1. The van der Waals surface area contributed by atoms with Crippen molar-refractivity contribution in [2.24, 2.45) is 0 Å². The van der Waals surface area contributed by atoms with Gasteiger partial charge in [-0.15, -0.1) is 10.2 Å². The van der Waals surface area contributed by atoms with Crippen LogP contribution in [0.4, 0.5) is 5.13 Å². The van der Waals surface area contributed by atoms with Gasteiger partial charge in [-0.2, -0.15) is 0 Å². The van der Waals surface area contributed by atoms with Crippen LogP contribution in [0.5, 0.6) is 5.75 Å². The first-order valence-electron chi connectivity index (χ1n) is 7.59. The number of aromatic nitrogens is 2. The molecule has 0 aliphatic heterocycles. The first-order valence-corrected chi connectivity index (χ1v) is 8.41. The summed E-state index contributed by atoms with van der Waals surface area (Å²) in [6.45, 7) is 1.70. The summed E-state index contributed by atoms with van der Waals surface area (Å²) in [4.78, 5) is 12.2.